The van der Waals surface area contributed by atoms with E-state index in [1.807, 2.05) is 0 Å². The molecule has 1 aromatic heterocycles. The van der Waals surface area contributed by atoms with Gasteiger partial charge in [0.05, 0.1) is 23.6 Å². The predicted molar refractivity (Wildman–Crippen MR) is 63.9 cm³/mol. The van der Waals surface area contributed by atoms with Crippen LogP contribution in [0.15, 0.2) is 10.7 Å². The Morgan fingerprint density at radius 2 is 2.26 bits per heavy atom. The number of hydrogen-bond donors (Lipinski definition) is 0. The summed E-state index contributed by atoms with van der Waals surface area (Å²) in [7, 11) is 0. The van der Waals surface area contributed by atoms with Gasteiger partial charge in [-0.2, -0.15) is 0 Å². The smallest absolute Gasteiger partial charge is 0.311 e. The molecule has 0 aliphatic rings. The number of ether oxygens (including phenoxy) is 1. The van der Waals surface area contributed by atoms with Crippen LogP contribution in [-0.2, 0) is 16.0 Å². The lowest BCUT2D eigenvalue weighted by Crippen LogP contribution is -2.12. The molecule has 0 saturated carbocycles. The molecule has 1 rings (SSSR count). The first-order valence-electron chi connectivity index (χ1n) is 5.14. The Morgan fingerprint density at radius 1 is 1.63 bits per heavy atom. The van der Waals surface area contributed by atoms with Crippen LogP contribution in [0.1, 0.15) is 24.6 Å². The summed E-state index contributed by atoms with van der Waals surface area (Å²) in [6.45, 7) is 1.64. The number of nitrogens with zero attached hydrogens (tertiary/aromatic N) is 2. The monoisotopic (exact) mass is 338 g/mol. The first-order valence-corrected chi connectivity index (χ1v) is 5.93. The lowest BCUT2D eigenvalue weighted by Gasteiger charge is -2.09. The maximum atomic E-state index is 12.9. The Morgan fingerprint density at radius 3 is 2.74 bits per heavy atom. The summed E-state index contributed by atoms with van der Waals surface area (Å²) in [5, 5.41) is 10.7. The molecule has 0 aromatic carbocycles. The average molecular weight is 339 g/mol. The minimum atomic E-state index is -3.11. The van der Waals surface area contributed by atoms with Gasteiger partial charge in [-0.15, -0.1) is 0 Å². The first-order chi connectivity index (χ1) is 8.86. The van der Waals surface area contributed by atoms with E-state index in [-0.39, 0.29) is 16.9 Å². The van der Waals surface area contributed by atoms with Gasteiger partial charge in [-0.25, -0.2) is 13.8 Å². The van der Waals surface area contributed by atoms with Gasteiger partial charge in [0, 0.05) is 6.07 Å². The summed E-state index contributed by atoms with van der Waals surface area (Å²) in [6.07, 6.45) is -3.65. The van der Waals surface area contributed by atoms with Crippen molar-refractivity contribution in [3.05, 3.63) is 32.0 Å². The molecule has 0 aliphatic heterocycles. The number of nitro groups is 1. The van der Waals surface area contributed by atoms with E-state index in [4.69, 9.17) is 0 Å². The molecule has 1 aromatic rings. The summed E-state index contributed by atoms with van der Waals surface area (Å²) in [5.41, 5.74) is -2.01. The van der Waals surface area contributed by atoms with Gasteiger partial charge in [0.1, 0.15) is 10.2 Å². The third kappa shape index (κ3) is 3.91. The fourth-order valence-electron chi connectivity index (χ4n) is 1.43. The molecular weight excluding hydrogens is 330 g/mol. The van der Waals surface area contributed by atoms with Crippen LogP contribution in [0.5, 0.6) is 0 Å². The van der Waals surface area contributed by atoms with Crippen LogP contribution in [0, 0.1) is 10.1 Å². The quantitative estimate of drug-likeness (QED) is 0.357. The standard InChI is InChI=1S/C10H9BrF2N2O4/c1-2-19-8(16)3-5-9(10(12)13)6(15(17)18)4-7(11)14-5/h4,10H,2-3H2,1H3. The van der Waals surface area contributed by atoms with E-state index in [9.17, 15) is 23.7 Å². The second kappa shape index (κ2) is 6.50. The third-order valence-corrected chi connectivity index (χ3v) is 2.52. The molecular formula is C10H9BrF2N2O4. The molecule has 0 radical (unpaired) electrons. The Balaban J connectivity index is 3.28. The number of aromatic nitrogens is 1. The van der Waals surface area contributed by atoms with E-state index in [1.54, 1.807) is 6.92 Å². The van der Waals surface area contributed by atoms with Crippen LogP contribution >= 0.6 is 15.9 Å². The summed E-state index contributed by atoms with van der Waals surface area (Å²) in [4.78, 5) is 24.8. The van der Waals surface area contributed by atoms with Crippen LogP contribution in [-0.4, -0.2) is 22.5 Å². The first kappa shape index (κ1) is 15.4. The fraction of sp³-hybridized carbons (Fsp3) is 0.400. The summed E-state index contributed by atoms with van der Waals surface area (Å²) < 4.78 is 30.4. The SMILES string of the molecule is CCOC(=O)Cc1nc(Br)cc([N+](=O)[O-])c1C(F)F. The maximum absolute atomic E-state index is 12.9. The number of carbonyl (C=O) groups excluding carboxylic acids is 1. The van der Waals surface area contributed by atoms with Gasteiger partial charge in [-0.1, -0.05) is 0 Å². The minimum absolute atomic E-state index is 0.00268. The summed E-state index contributed by atoms with van der Waals surface area (Å²) in [5.74, 6) is -0.774. The van der Waals surface area contributed by atoms with E-state index in [2.05, 4.69) is 25.7 Å². The molecule has 104 valence electrons. The molecule has 0 atom stereocenters. The third-order valence-electron chi connectivity index (χ3n) is 2.12. The van der Waals surface area contributed by atoms with Crippen molar-refractivity contribution in [2.24, 2.45) is 0 Å². The molecule has 0 fully saturated rings. The Bertz CT molecular complexity index is 511. The largest absolute Gasteiger partial charge is 0.466 e. The van der Waals surface area contributed by atoms with Gasteiger partial charge in [-0.3, -0.25) is 14.9 Å². The van der Waals surface area contributed by atoms with E-state index in [0.29, 0.717) is 0 Å². The number of pyridine rings is 1. The van der Waals surface area contributed by atoms with Crippen LogP contribution in [0.4, 0.5) is 14.5 Å². The lowest BCUT2D eigenvalue weighted by atomic mass is 10.1. The molecule has 0 aliphatic carbocycles. The molecule has 0 spiro atoms. The second-order valence-electron chi connectivity index (χ2n) is 3.36. The number of rotatable bonds is 5. The zero-order chi connectivity index (χ0) is 14.6. The molecule has 0 amide bonds. The maximum Gasteiger partial charge on any atom is 0.311 e. The van der Waals surface area contributed by atoms with Gasteiger partial charge in [0.15, 0.2) is 0 Å². The van der Waals surface area contributed by atoms with Crippen molar-refractivity contribution in [1.29, 1.82) is 0 Å². The minimum Gasteiger partial charge on any atom is -0.466 e. The number of halogens is 3. The van der Waals surface area contributed by atoms with Crippen molar-refractivity contribution >= 4 is 27.6 Å². The van der Waals surface area contributed by atoms with E-state index in [0.717, 1.165) is 6.07 Å². The number of esters is 1. The Kier molecular flexibility index (Phi) is 5.28. The number of alkyl halides is 2. The highest BCUT2D eigenvalue weighted by atomic mass is 79.9. The lowest BCUT2D eigenvalue weighted by molar-refractivity contribution is -0.386. The second-order valence-corrected chi connectivity index (χ2v) is 4.18. The topological polar surface area (TPSA) is 82.3 Å². The predicted octanol–water partition coefficient (Wildman–Crippen LogP) is 2.80. The molecule has 0 N–H and O–H groups in total. The fourth-order valence-corrected chi connectivity index (χ4v) is 1.86. The van der Waals surface area contributed by atoms with Gasteiger partial charge in [0.25, 0.3) is 12.1 Å². The highest BCUT2D eigenvalue weighted by Gasteiger charge is 2.28. The van der Waals surface area contributed by atoms with Gasteiger partial charge in [-0.05, 0) is 22.9 Å². The zero-order valence-electron chi connectivity index (χ0n) is 9.73. The van der Waals surface area contributed by atoms with E-state index in [1.165, 1.54) is 0 Å². The van der Waals surface area contributed by atoms with Crippen LogP contribution < -0.4 is 0 Å². The van der Waals surface area contributed by atoms with Crippen molar-refractivity contribution in [3.8, 4) is 0 Å². The molecule has 0 unspecified atom stereocenters. The van der Waals surface area contributed by atoms with Crippen LogP contribution in [0.3, 0.4) is 0 Å². The average Bonchev–Trinajstić information content (AvgIpc) is 2.27. The molecule has 0 bridgehead atoms. The van der Waals surface area contributed by atoms with Crippen LogP contribution in [0.2, 0.25) is 0 Å². The normalized spacial score (nSPS) is 10.6. The van der Waals surface area contributed by atoms with Crippen LogP contribution in [0.25, 0.3) is 0 Å². The van der Waals surface area contributed by atoms with Gasteiger partial charge >= 0.3 is 5.97 Å². The highest BCUT2D eigenvalue weighted by molar-refractivity contribution is 9.10. The molecule has 1 heterocycles. The van der Waals surface area contributed by atoms with Crippen molar-refractivity contribution in [2.75, 3.05) is 6.61 Å². The summed E-state index contributed by atoms with van der Waals surface area (Å²) >= 11 is 2.88. The number of hydrogen-bond acceptors (Lipinski definition) is 5. The van der Waals surface area contributed by atoms with Crippen molar-refractivity contribution < 1.29 is 23.2 Å². The Labute approximate surface area is 115 Å². The molecule has 9 heteroatoms. The molecule has 6 nitrogen and oxygen atoms in total. The van der Waals surface area contributed by atoms with Crippen molar-refractivity contribution in [1.82, 2.24) is 4.98 Å². The summed E-state index contributed by atoms with van der Waals surface area (Å²) in [6, 6.07) is 0.871. The zero-order valence-corrected chi connectivity index (χ0v) is 11.3. The van der Waals surface area contributed by atoms with Crippen molar-refractivity contribution in [3.63, 3.8) is 0 Å². The highest BCUT2D eigenvalue weighted by Crippen LogP contribution is 2.33. The van der Waals surface area contributed by atoms with Gasteiger partial charge < -0.3 is 4.74 Å². The van der Waals surface area contributed by atoms with E-state index < -0.39 is 35.0 Å². The Hall–Kier alpha value is -1.64. The molecule has 0 saturated heterocycles. The van der Waals surface area contributed by atoms with Gasteiger partial charge in [0.2, 0.25) is 0 Å². The van der Waals surface area contributed by atoms with Crippen molar-refractivity contribution in [2.45, 2.75) is 19.8 Å². The number of carbonyl (C=O) groups is 1. The van der Waals surface area contributed by atoms with E-state index >= 15 is 0 Å². The molecule has 19 heavy (non-hydrogen) atoms.